The Morgan fingerprint density at radius 2 is 0.795 bits per heavy atom. The molecule has 1 nitrogen and oxygen atoms in total. The Morgan fingerprint density at radius 1 is 0.513 bits per heavy atom. The quantitative estimate of drug-likeness (QED) is 0.0839. The van der Waals surface area contributed by atoms with Crippen molar-refractivity contribution in [3.63, 3.8) is 0 Å². The summed E-state index contributed by atoms with van der Waals surface area (Å²) in [6, 6.07) is 0.785. The summed E-state index contributed by atoms with van der Waals surface area (Å²) in [5.41, 5.74) is 0. The first-order chi connectivity index (χ1) is 18.9. The fourth-order valence-electron chi connectivity index (χ4n) is 7.49. The minimum atomic E-state index is -2.44. The molecule has 0 unspecified atom stereocenters. The van der Waals surface area contributed by atoms with Crippen LogP contribution in [0.5, 0.6) is 0 Å². The number of hydrogen-bond acceptors (Lipinski definition) is 1. The average Bonchev–Trinajstić information content (AvgIpc) is 2.96. The van der Waals surface area contributed by atoms with Crippen molar-refractivity contribution in [2.24, 2.45) is 0 Å². The van der Waals surface area contributed by atoms with Crippen molar-refractivity contribution in [3.8, 4) is 0 Å². The van der Waals surface area contributed by atoms with E-state index in [1.807, 2.05) is 0 Å². The zero-order valence-corrected chi connectivity index (χ0v) is 33.8. The molecule has 0 aromatic heterocycles. The van der Waals surface area contributed by atoms with Crippen molar-refractivity contribution in [3.05, 3.63) is 20.3 Å². The summed E-state index contributed by atoms with van der Waals surface area (Å²) in [7, 11) is 0. The third-order valence-corrected chi connectivity index (χ3v) is 42.3. The summed E-state index contributed by atoms with van der Waals surface area (Å²) >= 11 is -4.88. The number of nitrogens with zero attached hydrogens (tertiary/aromatic N) is 1. The normalized spacial score (nSPS) is 15.3. The Morgan fingerprint density at radius 3 is 1.05 bits per heavy atom. The summed E-state index contributed by atoms with van der Waals surface area (Å²) in [6.45, 7) is 27.1. The number of rotatable bonds is 25. The van der Waals surface area contributed by atoms with Crippen LogP contribution in [0, 0.1) is 0 Å². The van der Waals surface area contributed by atoms with Crippen LogP contribution in [0.1, 0.15) is 151 Å². The van der Waals surface area contributed by atoms with Gasteiger partial charge in [-0.3, -0.25) is 0 Å². The van der Waals surface area contributed by atoms with Gasteiger partial charge in [0.15, 0.2) is 0 Å². The SMILES string of the molecule is C=[C](CN(C[C](=C)[Sn]([CH2]CCC)([CH2]CCC)[CH2]CCC)C1CCCCC1)[Sn]([CH2]CCC)([CH2]CCC)[CH2]CCC. The second-order valence-electron chi connectivity index (χ2n) is 13.6. The molecule has 1 aliphatic carbocycles. The Hall–Kier alpha value is 1.04. The van der Waals surface area contributed by atoms with Gasteiger partial charge in [0.25, 0.3) is 0 Å². The molecule has 1 fully saturated rings. The van der Waals surface area contributed by atoms with Gasteiger partial charge in [0, 0.05) is 0 Å². The Kier molecular flexibility index (Phi) is 22.0. The molecule has 0 spiro atoms. The van der Waals surface area contributed by atoms with Crippen LogP contribution in [0.25, 0.3) is 0 Å². The molecule has 0 amide bonds. The van der Waals surface area contributed by atoms with Crippen molar-refractivity contribution in [1.82, 2.24) is 4.90 Å². The molecular weight excluding hydrogens is 684 g/mol. The molecule has 0 radical (unpaired) electrons. The van der Waals surface area contributed by atoms with Gasteiger partial charge in [-0.2, -0.15) is 0 Å². The minimum absolute atomic E-state index is 0.785. The first kappa shape index (κ1) is 38.1. The fourth-order valence-corrected chi connectivity index (χ4v) is 38.5. The molecular formula is C36H73NSn2. The van der Waals surface area contributed by atoms with E-state index in [9.17, 15) is 0 Å². The van der Waals surface area contributed by atoms with Gasteiger partial charge >= 0.3 is 258 Å². The van der Waals surface area contributed by atoms with Gasteiger partial charge in [0.2, 0.25) is 0 Å². The van der Waals surface area contributed by atoms with E-state index in [0.29, 0.717) is 0 Å². The predicted molar refractivity (Wildman–Crippen MR) is 187 cm³/mol. The molecule has 1 rings (SSSR count). The van der Waals surface area contributed by atoms with Gasteiger partial charge in [0.1, 0.15) is 0 Å². The molecule has 0 aromatic carbocycles. The maximum atomic E-state index is 5.08. The van der Waals surface area contributed by atoms with E-state index in [2.05, 4.69) is 46.4 Å². The molecule has 1 saturated carbocycles. The van der Waals surface area contributed by atoms with Crippen LogP contribution in [0.4, 0.5) is 0 Å². The summed E-state index contributed by atoms with van der Waals surface area (Å²) in [4.78, 5) is 3.02. The molecule has 1 aliphatic rings. The average molecular weight is 757 g/mol. The monoisotopic (exact) mass is 759 g/mol. The summed E-state index contributed by atoms with van der Waals surface area (Å²) in [6.07, 6.45) is 24.0. The number of unbranched alkanes of at least 4 members (excludes halogenated alkanes) is 6. The summed E-state index contributed by atoms with van der Waals surface area (Å²) in [5.74, 6) is 0. The van der Waals surface area contributed by atoms with Crippen LogP contribution in [-0.4, -0.2) is 60.8 Å². The van der Waals surface area contributed by atoms with Crippen LogP contribution in [0.15, 0.2) is 20.3 Å². The van der Waals surface area contributed by atoms with E-state index in [0.717, 1.165) is 6.04 Å². The third kappa shape index (κ3) is 13.5. The number of hydrogen-bond donors (Lipinski definition) is 0. The van der Waals surface area contributed by atoms with Gasteiger partial charge in [-0.05, 0) is 0 Å². The standard InChI is InChI=1S/C12H19N.6C4H9.2Sn/c1-3-10-13(11-4-2)12-8-6-5-7-9-12;6*1-3-4-2;;/h12H,1-2,5-11H2;6*1,3-4H2,2H3;;. The van der Waals surface area contributed by atoms with Gasteiger partial charge in [0.05, 0.1) is 0 Å². The molecule has 39 heavy (non-hydrogen) atoms. The van der Waals surface area contributed by atoms with Crippen LogP contribution < -0.4 is 0 Å². The van der Waals surface area contributed by atoms with Crippen molar-refractivity contribution < 1.29 is 0 Å². The summed E-state index contributed by atoms with van der Waals surface area (Å²) < 4.78 is 13.0. The van der Waals surface area contributed by atoms with Crippen LogP contribution in [0.3, 0.4) is 0 Å². The topological polar surface area (TPSA) is 3.24 Å². The molecule has 3 heteroatoms. The third-order valence-electron chi connectivity index (χ3n) is 10.4. The van der Waals surface area contributed by atoms with Gasteiger partial charge < -0.3 is 0 Å². The molecule has 0 saturated heterocycles. The second kappa shape index (κ2) is 22.6. The zero-order chi connectivity index (χ0) is 29.0. The van der Waals surface area contributed by atoms with Crippen molar-refractivity contribution in [2.75, 3.05) is 13.1 Å². The van der Waals surface area contributed by atoms with E-state index < -0.39 is 36.8 Å². The summed E-state index contributed by atoms with van der Waals surface area (Å²) in [5, 5.41) is 0. The van der Waals surface area contributed by atoms with E-state index in [4.69, 9.17) is 13.2 Å². The molecule has 0 heterocycles. The van der Waals surface area contributed by atoms with Gasteiger partial charge in [-0.1, -0.05) is 0 Å². The molecule has 0 aliphatic heterocycles. The first-order valence-corrected chi connectivity index (χ1v) is 32.9. The molecule has 0 N–H and O–H groups in total. The van der Waals surface area contributed by atoms with E-state index in [1.165, 1.54) is 122 Å². The Balaban J connectivity index is 3.33. The molecule has 0 bridgehead atoms. The van der Waals surface area contributed by atoms with E-state index >= 15 is 0 Å². The molecule has 0 aromatic rings. The first-order valence-electron chi connectivity index (χ1n) is 18.0. The van der Waals surface area contributed by atoms with Crippen LogP contribution in [0.2, 0.25) is 26.6 Å². The van der Waals surface area contributed by atoms with Crippen molar-refractivity contribution in [1.29, 1.82) is 0 Å². The second-order valence-corrected chi connectivity index (χ2v) is 40.8. The molecule has 230 valence electrons. The van der Waals surface area contributed by atoms with Gasteiger partial charge in [-0.25, -0.2) is 0 Å². The van der Waals surface area contributed by atoms with Crippen LogP contribution in [-0.2, 0) is 0 Å². The van der Waals surface area contributed by atoms with E-state index in [1.54, 1.807) is 33.8 Å². The predicted octanol–water partition coefficient (Wildman–Crippen LogP) is 12.5. The van der Waals surface area contributed by atoms with Crippen molar-refractivity contribution >= 4 is 36.8 Å². The Labute approximate surface area is 256 Å². The fraction of sp³-hybridized carbons (Fsp3) is 0.889. The maximum absolute atomic E-state index is 5.08. The van der Waals surface area contributed by atoms with Crippen LogP contribution >= 0.6 is 0 Å². The van der Waals surface area contributed by atoms with Gasteiger partial charge in [-0.15, -0.1) is 0 Å². The Bertz CT molecular complexity index is 546. The van der Waals surface area contributed by atoms with E-state index in [-0.39, 0.29) is 0 Å². The molecule has 0 atom stereocenters. The zero-order valence-electron chi connectivity index (χ0n) is 28.1. The van der Waals surface area contributed by atoms with Crippen molar-refractivity contribution in [2.45, 2.75) is 183 Å².